The maximum atomic E-state index is 5.37. The smallest absolute Gasteiger partial charge is 0.166 e. The number of nitrogens with zero attached hydrogens (tertiary/aromatic N) is 4. The summed E-state index contributed by atoms with van der Waals surface area (Å²) in [6.07, 6.45) is 0. The summed E-state index contributed by atoms with van der Waals surface area (Å²) in [5.41, 5.74) is 11.2. The van der Waals surface area contributed by atoms with Gasteiger partial charge in [-0.1, -0.05) is 158 Å². The molecule has 1 aliphatic carbocycles. The second kappa shape index (κ2) is 11.5. The van der Waals surface area contributed by atoms with E-state index in [2.05, 4.69) is 168 Å². The molecule has 9 aromatic carbocycles. The second-order valence-electron chi connectivity index (χ2n) is 14.3. The Morgan fingerprint density at radius 3 is 1.64 bits per heavy atom. The van der Waals surface area contributed by atoms with Gasteiger partial charge in [0.1, 0.15) is 0 Å². The summed E-state index contributed by atoms with van der Waals surface area (Å²) in [6.45, 7) is 0. The number of aromatic nitrogens is 4. The number of para-hydroxylation sites is 1. The lowest BCUT2D eigenvalue weighted by molar-refractivity contribution is 1.07. The van der Waals surface area contributed by atoms with Crippen molar-refractivity contribution in [2.24, 2.45) is 0 Å². The summed E-state index contributed by atoms with van der Waals surface area (Å²) in [4.78, 5) is 15.8. The van der Waals surface area contributed by atoms with Crippen LogP contribution in [0.2, 0.25) is 0 Å². The predicted molar refractivity (Wildman–Crippen MR) is 227 cm³/mol. The van der Waals surface area contributed by atoms with Crippen LogP contribution in [0.3, 0.4) is 0 Å². The fourth-order valence-electron chi connectivity index (χ4n) is 9.02. The Bertz CT molecular complexity index is 3380. The van der Waals surface area contributed by atoms with E-state index in [-0.39, 0.29) is 0 Å². The Hall–Kier alpha value is -7.43. The van der Waals surface area contributed by atoms with Crippen LogP contribution in [-0.4, -0.2) is 19.5 Å². The van der Waals surface area contributed by atoms with Crippen molar-refractivity contribution in [2.75, 3.05) is 0 Å². The molecule has 0 bridgehead atoms. The molecule has 2 aromatic heterocycles. The lowest BCUT2D eigenvalue weighted by atomic mass is 9.93. The third kappa shape index (κ3) is 4.37. The SMILES string of the molecule is c1ccc(-c2nc(-c3ccccc3-n3c4cccc5c4c4c6c(cccc6ccc43)-c3ccccc3-5)nc(-c3cccc4ccc5ccccc5c34)n2)cc1. The van der Waals surface area contributed by atoms with Crippen LogP contribution in [0.1, 0.15) is 0 Å². The van der Waals surface area contributed by atoms with Crippen molar-refractivity contribution >= 4 is 54.1 Å². The van der Waals surface area contributed by atoms with Gasteiger partial charge < -0.3 is 4.57 Å². The molecule has 0 radical (unpaired) electrons. The zero-order valence-electron chi connectivity index (χ0n) is 29.6. The van der Waals surface area contributed by atoms with E-state index < -0.39 is 0 Å². The van der Waals surface area contributed by atoms with Gasteiger partial charge in [0.2, 0.25) is 0 Å². The lowest BCUT2D eigenvalue weighted by Gasteiger charge is -2.16. The molecule has 0 amide bonds. The van der Waals surface area contributed by atoms with E-state index in [4.69, 9.17) is 15.0 Å². The van der Waals surface area contributed by atoms with Crippen molar-refractivity contribution in [1.29, 1.82) is 0 Å². The number of hydrogen-bond acceptors (Lipinski definition) is 3. The largest absolute Gasteiger partial charge is 0.308 e. The van der Waals surface area contributed by atoms with Gasteiger partial charge in [0.15, 0.2) is 17.5 Å². The third-order valence-corrected chi connectivity index (χ3v) is 11.4. The van der Waals surface area contributed by atoms with Crippen molar-refractivity contribution in [1.82, 2.24) is 19.5 Å². The molecular weight excluding hydrogens is 669 g/mol. The highest BCUT2D eigenvalue weighted by atomic mass is 15.1. The van der Waals surface area contributed by atoms with Gasteiger partial charge in [-0.05, 0) is 73.5 Å². The van der Waals surface area contributed by atoms with Gasteiger partial charge in [-0.15, -0.1) is 0 Å². The molecule has 12 rings (SSSR count). The fourth-order valence-corrected chi connectivity index (χ4v) is 9.02. The summed E-state index contributed by atoms with van der Waals surface area (Å²) in [5.74, 6) is 1.91. The first-order valence-electron chi connectivity index (χ1n) is 18.7. The molecule has 0 saturated heterocycles. The molecule has 55 heavy (non-hydrogen) atoms. The highest BCUT2D eigenvalue weighted by Gasteiger charge is 2.26. The molecule has 0 spiro atoms. The van der Waals surface area contributed by atoms with E-state index >= 15 is 0 Å². The van der Waals surface area contributed by atoms with Crippen LogP contribution < -0.4 is 0 Å². The Morgan fingerprint density at radius 1 is 0.291 bits per heavy atom. The molecule has 0 atom stereocenters. The Morgan fingerprint density at radius 2 is 0.818 bits per heavy atom. The maximum Gasteiger partial charge on any atom is 0.166 e. The van der Waals surface area contributed by atoms with Crippen molar-refractivity contribution in [3.8, 4) is 62.1 Å². The average Bonchev–Trinajstić information content (AvgIpc) is 3.54. The maximum absolute atomic E-state index is 5.37. The first kappa shape index (κ1) is 30.1. The van der Waals surface area contributed by atoms with E-state index in [0.29, 0.717) is 17.5 Å². The van der Waals surface area contributed by atoms with E-state index in [1.165, 1.54) is 54.6 Å². The molecule has 11 aromatic rings. The minimum Gasteiger partial charge on any atom is -0.308 e. The van der Waals surface area contributed by atoms with Crippen LogP contribution in [0.5, 0.6) is 0 Å². The highest BCUT2D eigenvalue weighted by molar-refractivity contribution is 6.30. The van der Waals surface area contributed by atoms with Crippen molar-refractivity contribution in [2.45, 2.75) is 0 Å². The molecule has 2 heterocycles. The Balaban J connectivity index is 1.17. The van der Waals surface area contributed by atoms with Gasteiger partial charge in [0.05, 0.1) is 16.7 Å². The predicted octanol–water partition coefficient (Wildman–Crippen LogP) is 13.1. The van der Waals surface area contributed by atoms with Crippen LogP contribution in [0.25, 0.3) is 116 Å². The first-order chi connectivity index (χ1) is 27.3. The van der Waals surface area contributed by atoms with Crippen molar-refractivity contribution in [3.05, 3.63) is 182 Å². The quantitative estimate of drug-likeness (QED) is 0.172. The topological polar surface area (TPSA) is 43.6 Å². The highest BCUT2D eigenvalue weighted by Crippen LogP contribution is 2.50. The number of hydrogen-bond donors (Lipinski definition) is 0. The van der Waals surface area contributed by atoms with Gasteiger partial charge in [0, 0.05) is 32.8 Å². The lowest BCUT2D eigenvalue weighted by Crippen LogP contribution is -2.04. The molecule has 0 N–H and O–H groups in total. The molecule has 0 aliphatic heterocycles. The standard InChI is InChI=1S/C51H30N4/c1-2-14-34(15-3-1)49-52-50(54-51(53-49)41-24-11-16-32-28-27-31-13-4-5-18-35(31)45(32)41)40-21-8-9-25-42(40)55-43-26-12-23-39-37-20-7-6-19-36(37)38-22-10-17-33-29-30-44(55)48(46(33)38)47(39)43/h1-30H. The molecular formula is C51H30N4. The van der Waals surface area contributed by atoms with E-state index in [0.717, 1.165) is 44.2 Å². The number of rotatable bonds is 4. The normalized spacial score (nSPS) is 12.0. The summed E-state index contributed by atoms with van der Waals surface area (Å²) >= 11 is 0. The van der Waals surface area contributed by atoms with Crippen LogP contribution in [0.4, 0.5) is 0 Å². The fraction of sp³-hybridized carbons (Fsp3) is 0. The van der Waals surface area contributed by atoms with Crippen molar-refractivity contribution < 1.29 is 0 Å². The number of fused-ring (bicyclic) bond motifs is 6. The van der Waals surface area contributed by atoms with Crippen LogP contribution in [0.15, 0.2) is 182 Å². The summed E-state index contributed by atoms with van der Waals surface area (Å²) in [5, 5.41) is 9.70. The minimum absolute atomic E-state index is 0.627. The van der Waals surface area contributed by atoms with E-state index in [1.807, 2.05) is 18.2 Å². The van der Waals surface area contributed by atoms with Crippen molar-refractivity contribution in [3.63, 3.8) is 0 Å². The second-order valence-corrected chi connectivity index (χ2v) is 14.3. The van der Waals surface area contributed by atoms with Crippen LogP contribution >= 0.6 is 0 Å². The van der Waals surface area contributed by atoms with Gasteiger partial charge >= 0.3 is 0 Å². The van der Waals surface area contributed by atoms with Crippen LogP contribution in [0, 0.1) is 0 Å². The molecule has 1 aliphatic rings. The summed E-state index contributed by atoms with van der Waals surface area (Å²) in [6, 6.07) is 64.9. The monoisotopic (exact) mass is 698 g/mol. The molecule has 4 heteroatoms. The Kier molecular flexibility index (Phi) is 6.31. The summed E-state index contributed by atoms with van der Waals surface area (Å²) in [7, 11) is 0. The molecule has 0 saturated carbocycles. The van der Waals surface area contributed by atoms with E-state index in [9.17, 15) is 0 Å². The van der Waals surface area contributed by atoms with E-state index in [1.54, 1.807) is 0 Å². The van der Waals surface area contributed by atoms with Gasteiger partial charge in [-0.25, -0.2) is 15.0 Å². The third-order valence-electron chi connectivity index (χ3n) is 11.4. The molecule has 254 valence electrons. The molecule has 4 nitrogen and oxygen atoms in total. The Labute approximate surface area is 316 Å². The molecule has 0 fully saturated rings. The zero-order valence-corrected chi connectivity index (χ0v) is 29.6. The van der Waals surface area contributed by atoms with Gasteiger partial charge in [0.25, 0.3) is 0 Å². The number of benzene rings is 9. The molecule has 0 unspecified atom stereocenters. The van der Waals surface area contributed by atoms with Gasteiger partial charge in [-0.2, -0.15) is 0 Å². The first-order valence-corrected chi connectivity index (χ1v) is 18.7. The summed E-state index contributed by atoms with van der Waals surface area (Å²) < 4.78 is 2.42. The minimum atomic E-state index is 0.627. The van der Waals surface area contributed by atoms with Gasteiger partial charge in [-0.3, -0.25) is 0 Å². The zero-order chi connectivity index (χ0) is 36.0. The average molecular weight is 699 g/mol. The van der Waals surface area contributed by atoms with Crippen LogP contribution in [-0.2, 0) is 0 Å².